The third-order valence-corrected chi connectivity index (χ3v) is 19.2. The van der Waals surface area contributed by atoms with Crippen LogP contribution in [-0.4, -0.2) is 55.4 Å². The van der Waals surface area contributed by atoms with E-state index in [4.69, 9.17) is 25.5 Å². The van der Waals surface area contributed by atoms with E-state index in [1.807, 2.05) is 0 Å². The Morgan fingerprint density at radius 2 is 0.255 bits per heavy atom. The Balaban J connectivity index is -0.000000368. The van der Waals surface area contributed by atoms with Gasteiger partial charge in [0.1, 0.15) is 0 Å². The Hall–Kier alpha value is -2.65. The average molecular weight is 1390 g/mol. The van der Waals surface area contributed by atoms with Crippen molar-refractivity contribution in [2.75, 3.05) is 0 Å². The molecule has 5 N–H and O–H groups in total. The lowest BCUT2D eigenvalue weighted by Gasteiger charge is -2.04. The summed E-state index contributed by atoms with van der Waals surface area (Å²) in [6.45, 7) is 20.7. The third-order valence-electron chi connectivity index (χ3n) is 19.2. The maximum atomic E-state index is 10.3. The zero-order valence-electron chi connectivity index (χ0n) is 67.6. The summed E-state index contributed by atoms with van der Waals surface area (Å²) in [5, 5.41) is 42.6. The minimum atomic E-state index is -0.655. The van der Waals surface area contributed by atoms with Crippen LogP contribution in [0, 0.1) is 23.7 Å². The molecular weight excluding hydrogens is 1220 g/mol. The number of hydrogen-bond acceptors (Lipinski definition) is 5. The number of unbranched alkanes of at least 4 members (excludes halogenated alkanes) is 56. The molecule has 588 valence electrons. The molecule has 10 nitrogen and oxygen atoms in total. The molecule has 10 heteroatoms. The van der Waals surface area contributed by atoms with Crippen LogP contribution in [0.3, 0.4) is 0 Å². The van der Waals surface area contributed by atoms with E-state index in [0.717, 1.165) is 87.9 Å². The first-order chi connectivity index (χ1) is 47.3. The van der Waals surface area contributed by atoms with Crippen molar-refractivity contribution < 1.29 is 49.5 Å². The van der Waals surface area contributed by atoms with Crippen LogP contribution in [0.5, 0.6) is 0 Å². The second-order valence-corrected chi connectivity index (χ2v) is 31.7. The molecule has 0 atom stereocenters. The smallest absolute Gasteiger partial charge is 0.303 e. The summed E-state index contributed by atoms with van der Waals surface area (Å²) < 4.78 is 0. The standard InChI is InChI=1S/4C18H36O2.C16H32O2/c4*1-17(2)15-13-11-9-7-5-3-4-6-8-10-12-14-16-18(19)20;1-2-3-4-5-6-7-8-9-10-11-12-13-14-15-16(17)18/h4*17H,3-16H2,1-2H3,(H,19,20);2-15H2,1H3,(H,17,18). The minimum absolute atomic E-state index is 0.344. The number of aliphatic carboxylic acids is 5. The van der Waals surface area contributed by atoms with E-state index in [2.05, 4.69) is 62.3 Å². The van der Waals surface area contributed by atoms with Gasteiger partial charge in [-0.25, -0.2) is 0 Å². The maximum Gasteiger partial charge on any atom is 0.303 e. The third kappa shape index (κ3) is 123. The second kappa shape index (κ2) is 92.4. The van der Waals surface area contributed by atoms with E-state index in [0.29, 0.717) is 32.1 Å². The summed E-state index contributed by atoms with van der Waals surface area (Å²) in [6.07, 6.45) is 86.6. The van der Waals surface area contributed by atoms with Gasteiger partial charge in [0.05, 0.1) is 0 Å². The summed E-state index contributed by atoms with van der Waals surface area (Å²) >= 11 is 0. The first-order valence-corrected chi connectivity index (χ1v) is 43.4. The molecule has 0 saturated carbocycles. The van der Waals surface area contributed by atoms with E-state index in [-0.39, 0.29) is 0 Å². The van der Waals surface area contributed by atoms with Gasteiger partial charge in [-0.05, 0) is 55.8 Å². The highest BCUT2D eigenvalue weighted by atomic mass is 16.4. The Morgan fingerprint density at radius 1 is 0.163 bits per heavy atom. The molecule has 0 fully saturated rings. The van der Waals surface area contributed by atoms with Gasteiger partial charge in [0.25, 0.3) is 0 Å². The van der Waals surface area contributed by atoms with Crippen molar-refractivity contribution in [2.45, 2.75) is 512 Å². The molecule has 0 rings (SSSR count). The molecule has 0 radical (unpaired) electrons. The monoisotopic (exact) mass is 1390 g/mol. The normalized spacial score (nSPS) is 11.1. The first-order valence-electron chi connectivity index (χ1n) is 43.4. The predicted octanol–water partition coefficient (Wildman–Crippen LogP) is 30.3. The topological polar surface area (TPSA) is 186 Å². The molecule has 0 aromatic heterocycles. The Bertz CT molecular complexity index is 1360. The van der Waals surface area contributed by atoms with E-state index in [1.165, 1.54) is 353 Å². The van der Waals surface area contributed by atoms with Crippen LogP contribution in [0.4, 0.5) is 0 Å². The van der Waals surface area contributed by atoms with Crippen LogP contribution < -0.4 is 0 Å². The largest absolute Gasteiger partial charge is 0.481 e. The number of carboxylic acid groups (broad SMARTS) is 5. The predicted molar refractivity (Wildman–Crippen MR) is 426 cm³/mol. The molecule has 0 unspecified atom stereocenters. The average Bonchev–Trinajstić information content (AvgIpc) is 3.57. The summed E-state index contributed by atoms with van der Waals surface area (Å²) in [6, 6.07) is 0. The van der Waals surface area contributed by atoms with Gasteiger partial charge in [-0.15, -0.1) is 0 Å². The molecule has 0 bridgehead atoms. The summed E-state index contributed by atoms with van der Waals surface area (Å²) in [5.41, 5.74) is 0. The molecule has 98 heavy (non-hydrogen) atoms. The molecule has 0 aliphatic rings. The molecule has 0 amide bonds. The Kier molecular flexibility index (Phi) is 98.0. The van der Waals surface area contributed by atoms with Gasteiger partial charge in [-0.3, -0.25) is 24.0 Å². The quantitative estimate of drug-likeness (QED) is 0.0367. The zero-order valence-corrected chi connectivity index (χ0v) is 67.6. The van der Waals surface area contributed by atoms with Gasteiger partial charge in [0, 0.05) is 32.1 Å². The van der Waals surface area contributed by atoms with Crippen LogP contribution in [-0.2, 0) is 24.0 Å². The zero-order chi connectivity index (χ0) is 73.7. The van der Waals surface area contributed by atoms with Crippen LogP contribution >= 0.6 is 0 Å². The molecule has 0 aromatic carbocycles. The van der Waals surface area contributed by atoms with Crippen molar-refractivity contribution in [3.63, 3.8) is 0 Å². The fraction of sp³-hybridized carbons (Fsp3) is 0.943. The van der Waals surface area contributed by atoms with Crippen LogP contribution in [0.1, 0.15) is 512 Å². The number of hydrogen-bond donors (Lipinski definition) is 5. The molecule has 0 spiro atoms. The van der Waals surface area contributed by atoms with Gasteiger partial charge in [0.15, 0.2) is 0 Å². The van der Waals surface area contributed by atoms with Crippen molar-refractivity contribution in [3.05, 3.63) is 0 Å². The van der Waals surface area contributed by atoms with Crippen molar-refractivity contribution in [1.82, 2.24) is 0 Å². The van der Waals surface area contributed by atoms with Gasteiger partial charge < -0.3 is 25.5 Å². The molecule has 0 aromatic rings. The fourth-order valence-electron chi connectivity index (χ4n) is 12.7. The number of carboxylic acids is 5. The van der Waals surface area contributed by atoms with E-state index in [9.17, 15) is 24.0 Å². The summed E-state index contributed by atoms with van der Waals surface area (Å²) in [7, 11) is 0. The van der Waals surface area contributed by atoms with Gasteiger partial charge >= 0.3 is 29.8 Å². The lowest BCUT2D eigenvalue weighted by atomic mass is 10.0. The SMILES string of the molecule is CC(C)CCCCCCCCCCCCCCC(=O)O.CC(C)CCCCCCCCCCCCCCC(=O)O.CC(C)CCCCCCCCCCCCCCC(=O)O.CC(C)CCCCCCCCCCCCCCC(=O)O.CCCCCCCCCCCCCCCC(=O)O. The van der Waals surface area contributed by atoms with Crippen LogP contribution in [0.25, 0.3) is 0 Å². The molecule has 0 aliphatic carbocycles. The first kappa shape index (κ1) is 104. The fourth-order valence-corrected chi connectivity index (χ4v) is 12.7. The Labute approximate surface area is 611 Å². The van der Waals surface area contributed by atoms with Gasteiger partial charge in [-0.2, -0.15) is 0 Å². The lowest BCUT2D eigenvalue weighted by Crippen LogP contribution is -1.93. The second-order valence-electron chi connectivity index (χ2n) is 31.7. The van der Waals surface area contributed by atoms with E-state index < -0.39 is 29.8 Å². The maximum absolute atomic E-state index is 10.3. The van der Waals surface area contributed by atoms with E-state index in [1.54, 1.807) is 0 Å². The van der Waals surface area contributed by atoms with Crippen molar-refractivity contribution in [1.29, 1.82) is 0 Å². The summed E-state index contributed by atoms with van der Waals surface area (Å²) in [4.78, 5) is 51.6. The van der Waals surface area contributed by atoms with Gasteiger partial charge in [-0.1, -0.05) is 448 Å². The van der Waals surface area contributed by atoms with Gasteiger partial charge in [0.2, 0.25) is 0 Å². The van der Waals surface area contributed by atoms with Crippen molar-refractivity contribution in [2.24, 2.45) is 23.7 Å². The molecular formula is C88H176O10. The number of rotatable bonds is 74. The molecule has 0 aliphatic heterocycles. The van der Waals surface area contributed by atoms with Crippen molar-refractivity contribution >= 4 is 29.8 Å². The Morgan fingerprint density at radius 3 is 0.347 bits per heavy atom. The molecule has 0 heterocycles. The minimum Gasteiger partial charge on any atom is -0.481 e. The molecule has 0 saturated heterocycles. The van der Waals surface area contributed by atoms with E-state index >= 15 is 0 Å². The summed E-state index contributed by atoms with van der Waals surface area (Å²) in [5.74, 6) is 0.193. The van der Waals surface area contributed by atoms with Crippen LogP contribution in [0.2, 0.25) is 0 Å². The lowest BCUT2D eigenvalue weighted by molar-refractivity contribution is -0.138. The number of carbonyl (C=O) groups is 5. The van der Waals surface area contributed by atoms with Crippen molar-refractivity contribution in [3.8, 4) is 0 Å². The highest BCUT2D eigenvalue weighted by Crippen LogP contribution is 2.20. The highest BCUT2D eigenvalue weighted by molar-refractivity contribution is 5.67. The van der Waals surface area contributed by atoms with Crippen LogP contribution in [0.15, 0.2) is 0 Å². The highest BCUT2D eigenvalue weighted by Gasteiger charge is 2.04.